The number of hydrogen-bond acceptors (Lipinski definition) is 5. The third kappa shape index (κ3) is 7.50. The van der Waals surface area contributed by atoms with Gasteiger partial charge in [-0.2, -0.15) is 0 Å². The molecule has 0 fully saturated rings. The number of methoxy groups -OCH3 is 1. The van der Waals surface area contributed by atoms with Gasteiger partial charge in [-0.1, -0.05) is 18.2 Å². The normalized spacial score (nSPS) is 11.4. The first-order valence-electron chi connectivity index (χ1n) is 9.01. The molecule has 0 aliphatic carbocycles. The van der Waals surface area contributed by atoms with Crippen LogP contribution in [-0.4, -0.2) is 42.3 Å². The Labute approximate surface area is 173 Å². The molecule has 0 spiro atoms. The Bertz CT molecular complexity index is 854. The molecule has 0 saturated carbocycles. The summed E-state index contributed by atoms with van der Waals surface area (Å²) in [6, 6.07) is 14.4. The molecule has 0 heterocycles. The van der Waals surface area contributed by atoms with Gasteiger partial charge in [0.15, 0.2) is 0 Å². The summed E-state index contributed by atoms with van der Waals surface area (Å²) in [6.07, 6.45) is 0.261. The Morgan fingerprint density at radius 2 is 1.79 bits per heavy atom. The van der Waals surface area contributed by atoms with E-state index in [2.05, 4.69) is 10.6 Å². The quantitative estimate of drug-likeness (QED) is 0.515. The van der Waals surface area contributed by atoms with Crippen LogP contribution in [-0.2, 0) is 20.8 Å². The number of para-hydroxylation sites is 1. The molecule has 29 heavy (non-hydrogen) atoms. The molecule has 7 nitrogen and oxygen atoms in total. The summed E-state index contributed by atoms with van der Waals surface area (Å²) in [4.78, 5) is 35.6. The number of hydrogen-bond donors (Lipinski definition) is 3. The Morgan fingerprint density at radius 3 is 2.41 bits per heavy atom. The summed E-state index contributed by atoms with van der Waals surface area (Å²) in [5.41, 5.74) is 1.47. The first-order valence-corrected chi connectivity index (χ1v) is 9.99. The van der Waals surface area contributed by atoms with Crippen molar-refractivity contribution in [3.8, 4) is 5.75 Å². The van der Waals surface area contributed by atoms with Crippen LogP contribution in [0.3, 0.4) is 0 Å². The molecule has 8 heteroatoms. The van der Waals surface area contributed by atoms with Gasteiger partial charge in [0.1, 0.15) is 5.75 Å². The molecule has 0 bridgehead atoms. The zero-order valence-electron chi connectivity index (χ0n) is 16.3. The Balaban J connectivity index is 1.84. The molecule has 154 valence electrons. The van der Waals surface area contributed by atoms with Crippen LogP contribution in [0.2, 0.25) is 0 Å². The van der Waals surface area contributed by atoms with Gasteiger partial charge in [-0.25, -0.2) is 0 Å². The van der Waals surface area contributed by atoms with Crippen LogP contribution in [0.4, 0.5) is 5.69 Å². The van der Waals surface area contributed by atoms with Crippen molar-refractivity contribution >= 4 is 35.2 Å². The molecular formula is C21H24N2O5S. The summed E-state index contributed by atoms with van der Waals surface area (Å²) in [5.74, 6) is -1.32. The zero-order chi connectivity index (χ0) is 21.2. The minimum Gasteiger partial charge on any atom is -0.496 e. The van der Waals surface area contributed by atoms with Crippen molar-refractivity contribution in [3.05, 3.63) is 54.1 Å². The smallest absolute Gasteiger partial charge is 0.308 e. The van der Waals surface area contributed by atoms with Gasteiger partial charge in [0.05, 0.1) is 18.8 Å². The Kier molecular flexibility index (Phi) is 8.54. The number of carboxylic acids is 1. The molecule has 1 atom stereocenters. The molecule has 2 amide bonds. The van der Waals surface area contributed by atoms with Crippen LogP contribution >= 0.6 is 11.8 Å². The maximum Gasteiger partial charge on any atom is 0.308 e. The number of thioether (sulfide) groups is 1. The summed E-state index contributed by atoms with van der Waals surface area (Å²) in [6.45, 7) is 1.47. The highest BCUT2D eigenvalue weighted by Crippen LogP contribution is 2.22. The third-order valence-electron chi connectivity index (χ3n) is 4.10. The highest BCUT2D eigenvalue weighted by atomic mass is 32.2. The van der Waals surface area contributed by atoms with Crippen molar-refractivity contribution in [2.75, 3.05) is 24.7 Å². The third-order valence-corrected chi connectivity index (χ3v) is 5.11. The van der Waals surface area contributed by atoms with Crippen molar-refractivity contribution in [1.29, 1.82) is 0 Å². The molecule has 0 radical (unpaired) electrons. The van der Waals surface area contributed by atoms with Crippen molar-refractivity contribution in [2.45, 2.75) is 18.2 Å². The molecule has 0 aromatic heterocycles. The van der Waals surface area contributed by atoms with E-state index >= 15 is 0 Å². The average molecular weight is 416 g/mol. The van der Waals surface area contributed by atoms with E-state index in [0.717, 1.165) is 10.5 Å². The van der Waals surface area contributed by atoms with E-state index in [1.807, 2.05) is 30.3 Å². The van der Waals surface area contributed by atoms with E-state index in [4.69, 9.17) is 4.74 Å². The molecule has 0 saturated heterocycles. The monoisotopic (exact) mass is 416 g/mol. The maximum atomic E-state index is 12.1. The maximum absolute atomic E-state index is 12.1. The van der Waals surface area contributed by atoms with Crippen LogP contribution in [0, 0.1) is 5.92 Å². The van der Waals surface area contributed by atoms with Gasteiger partial charge in [-0.3, -0.25) is 14.4 Å². The fraction of sp³-hybridized carbons (Fsp3) is 0.286. The zero-order valence-corrected chi connectivity index (χ0v) is 17.1. The summed E-state index contributed by atoms with van der Waals surface area (Å²) >= 11 is 1.33. The van der Waals surface area contributed by atoms with Crippen LogP contribution in [0.5, 0.6) is 5.75 Å². The molecule has 3 N–H and O–H groups in total. The van der Waals surface area contributed by atoms with E-state index < -0.39 is 11.9 Å². The average Bonchev–Trinajstić information content (AvgIpc) is 2.70. The minimum absolute atomic E-state index is 0.0360. The lowest BCUT2D eigenvalue weighted by Crippen LogP contribution is -2.35. The highest BCUT2D eigenvalue weighted by molar-refractivity contribution is 8.00. The molecule has 2 aromatic carbocycles. The number of ether oxygens (including phenoxy) is 1. The van der Waals surface area contributed by atoms with E-state index in [0.29, 0.717) is 11.4 Å². The summed E-state index contributed by atoms with van der Waals surface area (Å²) in [5, 5.41) is 14.8. The first kappa shape index (κ1) is 22.3. The van der Waals surface area contributed by atoms with Crippen LogP contribution in [0.15, 0.2) is 53.4 Å². The molecule has 1 unspecified atom stereocenters. The van der Waals surface area contributed by atoms with Gasteiger partial charge in [0, 0.05) is 24.1 Å². The van der Waals surface area contributed by atoms with E-state index in [-0.39, 0.29) is 30.5 Å². The van der Waals surface area contributed by atoms with Crippen molar-refractivity contribution in [3.63, 3.8) is 0 Å². The number of carbonyl (C=O) groups is 3. The predicted molar refractivity (Wildman–Crippen MR) is 112 cm³/mol. The molecule has 0 aliphatic heterocycles. The second-order valence-electron chi connectivity index (χ2n) is 6.35. The SMILES string of the molecule is COc1ccccc1CC(CNC(=O)CSc1ccc(NC(C)=O)cc1)C(=O)O. The lowest BCUT2D eigenvalue weighted by molar-refractivity contribution is -0.141. The van der Waals surface area contributed by atoms with Gasteiger partial charge < -0.3 is 20.5 Å². The number of benzene rings is 2. The molecule has 2 rings (SSSR count). The number of amides is 2. The van der Waals surface area contributed by atoms with Crippen LogP contribution < -0.4 is 15.4 Å². The fourth-order valence-electron chi connectivity index (χ4n) is 2.66. The second kappa shape index (κ2) is 11.1. The molecular weight excluding hydrogens is 392 g/mol. The largest absolute Gasteiger partial charge is 0.496 e. The van der Waals surface area contributed by atoms with Crippen molar-refractivity contribution in [2.24, 2.45) is 5.92 Å². The summed E-state index contributed by atoms with van der Waals surface area (Å²) < 4.78 is 5.26. The predicted octanol–water partition coefficient (Wildman–Crippen LogP) is 2.81. The minimum atomic E-state index is -0.975. The van der Waals surface area contributed by atoms with Crippen molar-refractivity contribution in [1.82, 2.24) is 5.32 Å². The van der Waals surface area contributed by atoms with Gasteiger partial charge in [0.2, 0.25) is 11.8 Å². The lowest BCUT2D eigenvalue weighted by Gasteiger charge is -2.15. The number of aliphatic carboxylic acids is 1. The van der Waals surface area contributed by atoms with E-state index in [1.54, 1.807) is 18.2 Å². The fourth-order valence-corrected chi connectivity index (χ4v) is 3.39. The highest BCUT2D eigenvalue weighted by Gasteiger charge is 2.20. The van der Waals surface area contributed by atoms with Gasteiger partial charge in [-0.05, 0) is 42.3 Å². The molecule has 2 aromatic rings. The van der Waals surface area contributed by atoms with E-state index in [9.17, 15) is 19.5 Å². The number of carbonyl (C=O) groups excluding carboxylic acids is 2. The van der Waals surface area contributed by atoms with Crippen molar-refractivity contribution < 1.29 is 24.2 Å². The van der Waals surface area contributed by atoms with Gasteiger partial charge >= 0.3 is 5.97 Å². The summed E-state index contributed by atoms with van der Waals surface area (Å²) in [7, 11) is 1.54. The topological polar surface area (TPSA) is 105 Å². The number of carboxylic acid groups (broad SMARTS) is 1. The second-order valence-corrected chi connectivity index (χ2v) is 7.40. The number of nitrogens with one attached hydrogen (secondary N) is 2. The van der Waals surface area contributed by atoms with Crippen LogP contribution in [0.25, 0.3) is 0 Å². The van der Waals surface area contributed by atoms with Gasteiger partial charge in [-0.15, -0.1) is 11.8 Å². The number of rotatable bonds is 10. The van der Waals surface area contributed by atoms with E-state index in [1.165, 1.54) is 25.8 Å². The lowest BCUT2D eigenvalue weighted by atomic mass is 9.98. The Morgan fingerprint density at radius 1 is 1.10 bits per heavy atom. The van der Waals surface area contributed by atoms with Gasteiger partial charge in [0.25, 0.3) is 0 Å². The van der Waals surface area contributed by atoms with Crippen LogP contribution in [0.1, 0.15) is 12.5 Å². The molecule has 0 aliphatic rings. The Hall–Kier alpha value is -3.00. The standard InChI is InChI=1S/C21H24N2O5S/c1-14(24)23-17-7-9-18(10-8-17)29-13-20(25)22-12-16(21(26)27)11-15-5-3-4-6-19(15)28-2/h3-10,16H,11-13H2,1-2H3,(H,22,25)(H,23,24)(H,26,27). The first-order chi connectivity index (χ1) is 13.9. The number of anilines is 1.